The average Bonchev–Trinajstić information content (AvgIpc) is 2.61. The third-order valence-electron chi connectivity index (χ3n) is 4.08. The van der Waals surface area contributed by atoms with Crippen molar-refractivity contribution in [2.45, 2.75) is 57.4 Å². The second-order valence-corrected chi connectivity index (χ2v) is 5.20. The molecule has 0 radical (unpaired) electrons. The van der Waals surface area contributed by atoms with E-state index in [4.69, 9.17) is 0 Å². The Morgan fingerprint density at radius 1 is 1.06 bits per heavy atom. The maximum absolute atomic E-state index is 12.3. The van der Waals surface area contributed by atoms with Gasteiger partial charge in [-0.25, -0.2) is 0 Å². The summed E-state index contributed by atoms with van der Waals surface area (Å²) in [5, 5.41) is 9.25. The van der Waals surface area contributed by atoms with Gasteiger partial charge >= 0.3 is 0 Å². The van der Waals surface area contributed by atoms with Crippen LogP contribution < -0.4 is 0 Å². The van der Waals surface area contributed by atoms with Crippen LogP contribution in [0.25, 0.3) is 0 Å². The molecule has 3 heteroatoms. The van der Waals surface area contributed by atoms with E-state index in [0.29, 0.717) is 5.91 Å². The van der Waals surface area contributed by atoms with Gasteiger partial charge in [-0.1, -0.05) is 25.7 Å². The third kappa shape index (κ3) is 2.57. The molecule has 0 aromatic carbocycles. The summed E-state index contributed by atoms with van der Waals surface area (Å²) in [6.45, 7) is 0.999. The molecule has 2 rings (SSSR count). The molecule has 0 bridgehead atoms. The first-order chi connectivity index (χ1) is 7.83. The maximum Gasteiger partial charge on any atom is 0.226 e. The van der Waals surface area contributed by atoms with Crippen LogP contribution in [-0.4, -0.2) is 35.1 Å². The van der Waals surface area contributed by atoms with Crippen LogP contribution >= 0.6 is 0 Å². The molecule has 1 saturated carbocycles. The minimum absolute atomic E-state index is 0.107. The van der Waals surface area contributed by atoms with Crippen molar-refractivity contribution in [1.82, 2.24) is 4.90 Å². The molecule has 0 aromatic heterocycles. The van der Waals surface area contributed by atoms with Gasteiger partial charge in [-0.15, -0.1) is 0 Å². The summed E-state index contributed by atoms with van der Waals surface area (Å²) in [6.07, 6.45) is 9.14. The molecule has 1 N–H and O–H groups in total. The van der Waals surface area contributed by atoms with Gasteiger partial charge in [0.2, 0.25) is 5.91 Å². The van der Waals surface area contributed by atoms with Crippen LogP contribution in [0.2, 0.25) is 0 Å². The van der Waals surface area contributed by atoms with Crippen LogP contribution in [0, 0.1) is 5.92 Å². The Morgan fingerprint density at radius 2 is 1.75 bits per heavy atom. The summed E-state index contributed by atoms with van der Waals surface area (Å²) in [7, 11) is 0. The van der Waals surface area contributed by atoms with Crippen molar-refractivity contribution < 1.29 is 9.90 Å². The minimum atomic E-state index is 0.107. The van der Waals surface area contributed by atoms with Gasteiger partial charge in [0.05, 0.1) is 12.6 Å². The summed E-state index contributed by atoms with van der Waals surface area (Å²) in [5.74, 6) is 0.563. The van der Waals surface area contributed by atoms with Gasteiger partial charge < -0.3 is 10.0 Å². The van der Waals surface area contributed by atoms with Crippen LogP contribution in [0.5, 0.6) is 0 Å². The fourth-order valence-electron chi connectivity index (χ4n) is 3.08. The van der Waals surface area contributed by atoms with Gasteiger partial charge in [0.25, 0.3) is 0 Å². The second-order valence-electron chi connectivity index (χ2n) is 5.20. The van der Waals surface area contributed by atoms with E-state index in [-0.39, 0.29) is 18.6 Å². The highest BCUT2D eigenvalue weighted by Crippen LogP contribution is 2.27. The Labute approximate surface area is 97.8 Å². The number of hydrogen-bond donors (Lipinski definition) is 1. The van der Waals surface area contributed by atoms with Crippen LogP contribution in [0.1, 0.15) is 51.4 Å². The Morgan fingerprint density at radius 3 is 2.38 bits per heavy atom. The molecule has 3 nitrogen and oxygen atoms in total. The topological polar surface area (TPSA) is 40.5 Å². The number of hydrogen-bond acceptors (Lipinski definition) is 2. The normalized spacial score (nSPS) is 28.1. The van der Waals surface area contributed by atoms with Crippen LogP contribution in [-0.2, 0) is 4.79 Å². The zero-order valence-electron chi connectivity index (χ0n) is 10.0. The van der Waals surface area contributed by atoms with Crippen molar-refractivity contribution >= 4 is 5.91 Å². The lowest BCUT2D eigenvalue weighted by molar-refractivity contribution is -0.137. The monoisotopic (exact) mass is 225 g/mol. The highest BCUT2D eigenvalue weighted by molar-refractivity contribution is 5.79. The van der Waals surface area contributed by atoms with Crippen molar-refractivity contribution in [2.24, 2.45) is 5.92 Å². The van der Waals surface area contributed by atoms with E-state index in [2.05, 4.69) is 0 Å². The molecule has 1 atom stereocenters. The van der Waals surface area contributed by atoms with E-state index in [0.717, 1.165) is 32.2 Å². The largest absolute Gasteiger partial charge is 0.394 e. The van der Waals surface area contributed by atoms with Gasteiger partial charge in [-0.3, -0.25) is 4.79 Å². The van der Waals surface area contributed by atoms with Crippen molar-refractivity contribution in [3.63, 3.8) is 0 Å². The van der Waals surface area contributed by atoms with Crippen molar-refractivity contribution in [3.05, 3.63) is 0 Å². The SMILES string of the molecule is O=C(C1CCCCCC1)N1CCCC1CO. The van der Waals surface area contributed by atoms with E-state index in [1.54, 1.807) is 0 Å². The summed E-state index contributed by atoms with van der Waals surface area (Å²) >= 11 is 0. The maximum atomic E-state index is 12.3. The smallest absolute Gasteiger partial charge is 0.226 e. The molecule has 1 unspecified atom stereocenters. The Bertz CT molecular complexity index is 234. The molecular weight excluding hydrogens is 202 g/mol. The van der Waals surface area contributed by atoms with Gasteiger partial charge in [-0.05, 0) is 25.7 Å². The standard InChI is InChI=1S/C13H23NO2/c15-10-12-8-5-9-14(12)13(16)11-6-3-1-2-4-7-11/h11-12,15H,1-10H2. The molecule has 2 fully saturated rings. The molecule has 1 amide bonds. The van der Waals surface area contributed by atoms with E-state index < -0.39 is 0 Å². The van der Waals surface area contributed by atoms with Crippen molar-refractivity contribution in [3.8, 4) is 0 Å². The Kier molecular flexibility index (Phi) is 4.22. The highest BCUT2D eigenvalue weighted by atomic mass is 16.3. The fraction of sp³-hybridized carbons (Fsp3) is 0.923. The first-order valence-corrected chi connectivity index (χ1v) is 6.74. The minimum Gasteiger partial charge on any atom is -0.394 e. The molecule has 16 heavy (non-hydrogen) atoms. The van der Waals surface area contributed by atoms with Crippen LogP contribution in [0.15, 0.2) is 0 Å². The second kappa shape index (κ2) is 5.67. The molecular formula is C13H23NO2. The van der Waals surface area contributed by atoms with E-state index in [1.165, 1.54) is 25.7 Å². The number of carbonyl (C=O) groups excluding carboxylic acids is 1. The molecule has 1 heterocycles. The number of nitrogens with zero attached hydrogens (tertiary/aromatic N) is 1. The van der Waals surface area contributed by atoms with Gasteiger partial charge in [0.15, 0.2) is 0 Å². The number of carbonyl (C=O) groups is 1. The lowest BCUT2D eigenvalue weighted by Crippen LogP contribution is -2.41. The van der Waals surface area contributed by atoms with Crippen LogP contribution in [0.3, 0.4) is 0 Å². The summed E-state index contributed by atoms with van der Waals surface area (Å²) in [5.41, 5.74) is 0. The third-order valence-corrected chi connectivity index (χ3v) is 4.08. The highest BCUT2D eigenvalue weighted by Gasteiger charge is 2.32. The predicted octanol–water partition coefficient (Wildman–Crippen LogP) is 1.94. The summed E-state index contributed by atoms with van der Waals surface area (Å²) in [4.78, 5) is 14.3. The summed E-state index contributed by atoms with van der Waals surface area (Å²) in [6, 6.07) is 0.107. The number of likely N-dealkylation sites (tertiary alicyclic amines) is 1. The Hall–Kier alpha value is -0.570. The summed E-state index contributed by atoms with van der Waals surface area (Å²) < 4.78 is 0. The first-order valence-electron chi connectivity index (χ1n) is 6.74. The predicted molar refractivity (Wildman–Crippen MR) is 63.0 cm³/mol. The van der Waals surface area contributed by atoms with E-state index in [9.17, 15) is 9.90 Å². The molecule has 92 valence electrons. The zero-order chi connectivity index (χ0) is 11.4. The van der Waals surface area contributed by atoms with Gasteiger partial charge in [0.1, 0.15) is 0 Å². The quantitative estimate of drug-likeness (QED) is 0.730. The molecule has 2 aliphatic rings. The Balaban J connectivity index is 1.94. The number of rotatable bonds is 2. The average molecular weight is 225 g/mol. The molecule has 0 spiro atoms. The number of aliphatic hydroxyl groups excluding tert-OH is 1. The van der Waals surface area contributed by atoms with E-state index >= 15 is 0 Å². The molecule has 1 aliphatic carbocycles. The molecule has 1 saturated heterocycles. The zero-order valence-corrected chi connectivity index (χ0v) is 10.0. The molecule has 0 aromatic rings. The first kappa shape index (κ1) is 11.9. The van der Waals surface area contributed by atoms with Gasteiger partial charge in [0, 0.05) is 12.5 Å². The van der Waals surface area contributed by atoms with Crippen molar-refractivity contribution in [1.29, 1.82) is 0 Å². The van der Waals surface area contributed by atoms with Crippen molar-refractivity contribution in [2.75, 3.05) is 13.2 Å². The molecule has 1 aliphatic heterocycles. The number of aliphatic hydroxyl groups is 1. The van der Waals surface area contributed by atoms with Gasteiger partial charge in [-0.2, -0.15) is 0 Å². The van der Waals surface area contributed by atoms with Crippen LogP contribution in [0.4, 0.5) is 0 Å². The number of amides is 1. The fourth-order valence-corrected chi connectivity index (χ4v) is 3.08. The van der Waals surface area contributed by atoms with E-state index in [1.807, 2.05) is 4.90 Å². The lowest BCUT2D eigenvalue weighted by atomic mass is 9.98. The lowest BCUT2D eigenvalue weighted by Gasteiger charge is -2.27.